The van der Waals surface area contributed by atoms with Crippen LogP contribution in [0.15, 0.2) is 42.5 Å². The van der Waals surface area contributed by atoms with Crippen LogP contribution in [-0.2, 0) is 42.1 Å². The third-order valence-corrected chi connectivity index (χ3v) is 7.70. The first-order valence-corrected chi connectivity index (χ1v) is 12.8. The SMILES string of the molecule is C=C(CC[C@]12O[C@H](c3nnnn3C)[C@@](O)(C(=O)O)[C@](C(=O)O)(O1)[C@H](O)[C@H]2O)[C@@H](OC(C)=O)[C@H](C)Cc1ccccc1. The molecule has 0 aliphatic carbocycles. The van der Waals surface area contributed by atoms with Gasteiger partial charge in [-0.25, -0.2) is 14.3 Å². The molecule has 0 amide bonds. The predicted molar refractivity (Wildman–Crippen MR) is 135 cm³/mol. The molecule has 2 aliphatic rings. The highest BCUT2D eigenvalue weighted by Crippen LogP contribution is 2.58. The summed E-state index contributed by atoms with van der Waals surface area (Å²) in [7, 11) is 1.30. The third-order valence-electron chi connectivity index (χ3n) is 7.70. The summed E-state index contributed by atoms with van der Waals surface area (Å²) in [6.45, 7) is 7.14. The van der Waals surface area contributed by atoms with Crippen LogP contribution in [0.2, 0.25) is 0 Å². The van der Waals surface area contributed by atoms with Gasteiger partial charge in [0.05, 0.1) is 0 Å². The van der Waals surface area contributed by atoms with E-state index in [0.29, 0.717) is 12.0 Å². The van der Waals surface area contributed by atoms with E-state index in [1.807, 2.05) is 37.3 Å². The fourth-order valence-electron chi connectivity index (χ4n) is 5.64. The molecule has 1 aromatic heterocycles. The van der Waals surface area contributed by atoms with Gasteiger partial charge in [0.15, 0.2) is 17.7 Å². The van der Waals surface area contributed by atoms with E-state index < -0.39 is 65.1 Å². The lowest BCUT2D eigenvalue weighted by Crippen LogP contribution is -2.74. The fraction of sp³-hybridized carbons (Fsp3) is 0.538. The molecule has 0 spiro atoms. The molecule has 8 atom stereocenters. The summed E-state index contributed by atoms with van der Waals surface area (Å²) < 4.78 is 18.0. The van der Waals surface area contributed by atoms with E-state index in [0.717, 1.165) is 10.2 Å². The predicted octanol–water partition coefficient (Wildman–Crippen LogP) is -0.484. The molecule has 41 heavy (non-hydrogen) atoms. The highest BCUT2D eigenvalue weighted by atomic mass is 16.8. The number of carbonyl (C=O) groups is 3. The van der Waals surface area contributed by atoms with Crippen molar-refractivity contribution in [3.8, 4) is 0 Å². The number of hydrogen-bond donors (Lipinski definition) is 5. The van der Waals surface area contributed by atoms with Crippen LogP contribution in [0.5, 0.6) is 0 Å². The first-order valence-electron chi connectivity index (χ1n) is 12.8. The van der Waals surface area contributed by atoms with Crippen LogP contribution in [0.3, 0.4) is 0 Å². The minimum absolute atomic E-state index is 0.0914. The minimum Gasteiger partial charge on any atom is -0.479 e. The maximum absolute atomic E-state index is 12.6. The van der Waals surface area contributed by atoms with E-state index in [4.69, 9.17) is 14.2 Å². The quantitative estimate of drug-likeness (QED) is 0.168. The van der Waals surface area contributed by atoms with Gasteiger partial charge in [0.25, 0.3) is 0 Å². The number of aryl methyl sites for hydroxylation is 1. The smallest absolute Gasteiger partial charge is 0.342 e. The number of fused-ring (bicyclic) bond motifs is 2. The number of rotatable bonds is 11. The maximum atomic E-state index is 12.6. The number of aliphatic carboxylic acids is 2. The number of esters is 1. The molecule has 0 saturated carbocycles. The standard InChI is InChI=1S/C26H32N4O11/c1-13(17(39-15(3)31)14(2)12-16-8-6-5-7-9-16)10-11-24-18(32)19(33)26(41-24,23(36)37)25(38,22(34)35)20(40-24)21-27-28-29-30(21)4/h5-9,14,17-20,32-33,38H,1,10-12H2,2-4H3,(H,34,35)(H,36,37)/t14-,17-,18-,19-,20-,24+,25-,26+/m1/s1. The number of nitrogens with zero attached hydrogens (tertiary/aromatic N) is 4. The van der Waals surface area contributed by atoms with Crippen LogP contribution >= 0.6 is 0 Å². The van der Waals surface area contributed by atoms with Crippen LogP contribution in [-0.4, -0.2) is 98.9 Å². The van der Waals surface area contributed by atoms with Crippen LogP contribution in [0, 0.1) is 5.92 Å². The molecule has 2 fully saturated rings. The van der Waals surface area contributed by atoms with E-state index in [-0.39, 0.29) is 18.8 Å². The molecule has 3 heterocycles. The maximum Gasteiger partial charge on any atom is 0.342 e. The molecule has 4 rings (SSSR count). The van der Waals surface area contributed by atoms with Gasteiger partial charge in [0.2, 0.25) is 11.2 Å². The fourth-order valence-corrected chi connectivity index (χ4v) is 5.64. The van der Waals surface area contributed by atoms with Gasteiger partial charge in [-0.2, -0.15) is 0 Å². The molecule has 222 valence electrons. The van der Waals surface area contributed by atoms with Crippen molar-refractivity contribution in [3.05, 3.63) is 53.9 Å². The van der Waals surface area contributed by atoms with E-state index in [1.54, 1.807) is 0 Å². The average molecular weight is 577 g/mol. The van der Waals surface area contributed by atoms with Crippen molar-refractivity contribution in [3.63, 3.8) is 0 Å². The second kappa shape index (κ2) is 10.9. The summed E-state index contributed by atoms with van der Waals surface area (Å²) in [5.41, 5.74) is -5.43. The van der Waals surface area contributed by atoms with E-state index in [1.165, 1.54) is 14.0 Å². The van der Waals surface area contributed by atoms with Gasteiger partial charge in [0.1, 0.15) is 18.3 Å². The number of aliphatic hydroxyl groups excluding tert-OH is 2. The lowest BCUT2D eigenvalue weighted by molar-refractivity contribution is -0.384. The second-order valence-corrected chi connectivity index (χ2v) is 10.4. The van der Waals surface area contributed by atoms with Crippen molar-refractivity contribution in [2.24, 2.45) is 13.0 Å². The molecule has 15 heteroatoms. The van der Waals surface area contributed by atoms with Crippen molar-refractivity contribution in [1.82, 2.24) is 20.2 Å². The number of aromatic nitrogens is 4. The number of hydrogen-bond acceptors (Lipinski definition) is 12. The number of carboxylic acids is 2. The van der Waals surface area contributed by atoms with Gasteiger partial charge in [-0.3, -0.25) is 4.79 Å². The van der Waals surface area contributed by atoms with Crippen molar-refractivity contribution >= 4 is 17.9 Å². The van der Waals surface area contributed by atoms with E-state index >= 15 is 0 Å². The van der Waals surface area contributed by atoms with Crippen LogP contribution < -0.4 is 0 Å². The van der Waals surface area contributed by atoms with Crippen LogP contribution in [0.1, 0.15) is 44.2 Å². The molecule has 0 unspecified atom stereocenters. The Hall–Kier alpha value is -3.76. The summed E-state index contributed by atoms with van der Waals surface area (Å²) in [6.07, 6.45) is -7.47. The average Bonchev–Trinajstić information content (AvgIpc) is 3.43. The minimum atomic E-state index is -3.48. The molecule has 2 saturated heterocycles. The Bertz CT molecular complexity index is 1340. The Morgan fingerprint density at radius 3 is 2.34 bits per heavy atom. The first kappa shape index (κ1) is 30.2. The molecule has 15 nitrogen and oxygen atoms in total. The van der Waals surface area contributed by atoms with Crippen molar-refractivity contribution in [1.29, 1.82) is 0 Å². The summed E-state index contributed by atoms with van der Waals surface area (Å²) in [5, 5.41) is 64.3. The largest absolute Gasteiger partial charge is 0.479 e. The monoisotopic (exact) mass is 576 g/mol. The Kier molecular flexibility index (Phi) is 8.03. The second-order valence-electron chi connectivity index (χ2n) is 10.4. The summed E-state index contributed by atoms with van der Waals surface area (Å²) in [6, 6.07) is 9.45. The molecule has 0 radical (unpaired) electrons. The number of ether oxygens (including phenoxy) is 3. The van der Waals surface area contributed by atoms with Gasteiger partial charge in [0, 0.05) is 26.3 Å². The molecular formula is C26H32N4O11. The lowest BCUT2D eigenvalue weighted by Gasteiger charge is -2.49. The molecule has 2 bridgehead atoms. The first-order chi connectivity index (χ1) is 19.2. The van der Waals surface area contributed by atoms with Crippen LogP contribution in [0.25, 0.3) is 0 Å². The normalized spacial score (nSPS) is 32.2. The van der Waals surface area contributed by atoms with Gasteiger partial charge in [-0.1, -0.05) is 43.8 Å². The number of carboxylic acid groups (broad SMARTS) is 2. The number of benzene rings is 1. The summed E-state index contributed by atoms with van der Waals surface area (Å²) in [4.78, 5) is 36.9. The molecule has 5 N–H and O–H groups in total. The molecule has 2 aliphatic heterocycles. The molecular weight excluding hydrogens is 544 g/mol. The Balaban J connectivity index is 1.69. The zero-order chi connectivity index (χ0) is 30.3. The van der Waals surface area contributed by atoms with Gasteiger partial charge in [-0.05, 0) is 34.4 Å². The van der Waals surface area contributed by atoms with Crippen molar-refractivity contribution < 1.29 is 54.1 Å². The van der Waals surface area contributed by atoms with E-state index in [2.05, 4.69) is 22.1 Å². The van der Waals surface area contributed by atoms with Gasteiger partial charge in [-0.15, -0.1) is 5.10 Å². The lowest BCUT2D eigenvalue weighted by atomic mass is 9.74. The van der Waals surface area contributed by atoms with Gasteiger partial charge >= 0.3 is 17.9 Å². The summed E-state index contributed by atoms with van der Waals surface area (Å²) in [5.74, 6) is -7.77. The molecule has 1 aromatic carbocycles. The van der Waals surface area contributed by atoms with Crippen molar-refractivity contribution in [2.75, 3.05) is 0 Å². The zero-order valence-corrected chi connectivity index (χ0v) is 22.6. The van der Waals surface area contributed by atoms with E-state index in [9.17, 15) is 39.9 Å². The van der Waals surface area contributed by atoms with Crippen LogP contribution in [0.4, 0.5) is 0 Å². The topological polar surface area (TPSA) is 224 Å². The number of carbonyl (C=O) groups excluding carboxylic acids is 1. The highest BCUT2D eigenvalue weighted by molar-refractivity contribution is 5.93. The van der Waals surface area contributed by atoms with Gasteiger partial charge < -0.3 is 39.7 Å². The summed E-state index contributed by atoms with van der Waals surface area (Å²) >= 11 is 0. The Morgan fingerprint density at radius 1 is 1.15 bits per heavy atom. The van der Waals surface area contributed by atoms with Crippen molar-refractivity contribution in [2.45, 2.75) is 74.5 Å². The Morgan fingerprint density at radius 2 is 1.80 bits per heavy atom. The number of tetrazole rings is 1. The Labute approximate surface area is 234 Å². The molecule has 2 aromatic rings. The third kappa shape index (κ3) is 4.78. The number of aliphatic hydroxyl groups is 3. The zero-order valence-electron chi connectivity index (χ0n) is 22.6. The highest BCUT2D eigenvalue weighted by Gasteiger charge is 2.84.